The first-order valence-corrected chi connectivity index (χ1v) is 18.7. The van der Waals surface area contributed by atoms with Crippen LogP contribution in [0.25, 0.3) is 0 Å². The van der Waals surface area contributed by atoms with Gasteiger partial charge in [-0.3, -0.25) is 23.7 Å². The highest BCUT2D eigenvalue weighted by atomic mass is 32.2. The van der Waals surface area contributed by atoms with Crippen LogP contribution in [0, 0.1) is 0 Å². The largest absolute Gasteiger partial charge is 0.399 e. The number of hydrogen-bond acceptors (Lipinski definition) is 8. The van der Waals surface area contributed by atoms with E-state index in [0.29, 0.717) is 25.1 Å². The standard InChI is InChI=1S/C38H46N8O5S/c1-25(29-12-14-33(39)15-13-29)43-36(47)27(3)41-24-34(19-28-9-5-4-6-10-28)45-38(49)32-20-31(37(48)44-26(2)30-11-7-16-40-23-30)21-35(22-32)46-18-8-17-42-52(46,50)51/h4-7,9-16,20-23,25-27,34,41-42H,8,17-19,24,39H2,1-3H3,(H,43,47)(H,44,48)(H,45,49)/t25-,26?,27+,34+/m1/s1. The summed E-state index contributed by atoms with van der Waals surface area (Å²) in [5.41, 5.74) is 9.53. The zero-order valence-electron chi connectivity index (χ0n) is 29.5. The molecule has 4 aromatic rings. The highest BCUT2D eigenvalue weighted by Crippen LogP contribution is 2.25. The molecule has 14 heteroatoms. The average molecular weight is 727 g/mol. The van der Waals surface area contributed by atoms with Crippen molar-refractivity contribution >= 4 is 39.3 Å². The molecule has 5 rings (SSSR count). The van der Waals surface area contributed by atoms with Gasteiger partial charge in [-0.05, 0) is 86.7 Å². The number of hydrogen-bond donors (Lipinski definition) is 6. The Bertz CT molecular complexity index is 1950. The third kappa shape index (κ3) is 10.1. The molecule has 0 bridgehead atoms. The van der Waals surface area contributed by atoms with Crippen LogP contribution in [0.5, 0.6) is 0 Å². The van der Waals surface area contributed by atoms with E-state index in [4.69, 9.17) is 5.73 Å². The Morgan fingerprint density at radius 3 is 2.17 bits per heavy atom. The van der Waals surface area contributed by atoms with E-state index >= 15 is 0 Å². The maximum atomic E-state index is 14.0. The zero-order chi connectivity index (χ0) is 37.3. The van der Waals surface area contributed by atoms with Crippen LogP contribution in [0.1, 0.15) is 76.7 Å². The first-order chi connectivity index (χ1) is 24.9. The first-order valence-electron chi connectivity index (χ1n) is 17.3. The number of nitrogens with one attached hydrogen (secondary N) is 5. The van der Waals surface area contributed by atoms with Gasteiger partial charge in [0.2, 0.25) is 5.91 Å². The monoisotopic (exact) mass is 726 g/mol. The average Bonchev–Trinajstić information content (AvgIpc) is 3.14. The molecule has 1 aromatic heterocycles. The second-order valence-corrected chi connectivity index (χ2v) is 14.6. The molecule has 7 N–H and O–H groups in total. The Kier molecular flexibility index (Phi) is 12.6. The fourth-order valence-electron chi connectivity index (χ4n) is 5.86. The normalized spacial score (nSPS) is 16.2. The molecule has 3 aromatic carbocycles. The number of nitrogen functional groups attached to an aromatic ring is 1. The van der Waals surface area contributed by atoms with Gasteiger partial charge in [-0.1, -0.05) is 48.5 Å². The van der Waals surface area contributed by atoms with E-state index in [2.05, 4.69) is 31.0 Å². The summed E-state index contributed by atoms with van der Waals surface area (Å²) in [6.45, 7) is 6.17. The summed E-state index contributed by atoms with van der Waals surface area (Å²) < 4.78 is 29.7. The van der Waals surface area contributed by atoms with Gasteiger partial charge in [0.25, 0.3) is 11.8 Å². The Balaban J connectivity index is 1.36. The highest BCUT2D eigenvalue weighted by Gasteiger charge is 2.28. The summed E-state index contributed by atoms with van der Waals surface area (Å²) in [5, 5.41) is 12.3. The number of benzene rings is 3. The van der Waals surface area contributed by atoms with Crippen molar-refractivity contribution in [1.82, 2.24) is 31.0 Å². The van der Waals surface area contributed by atoms with Gasteiger partial charge in [0.15, 0.2) is 0 Å². The maximum absolute atomic E-state index is 14.0. The van der Waals surface area contributed by atoms with Gasteiger partial charge < -0.3 is 27.0 Å². The minimum atomic E-state index is -3.89. The third-order valence-electron chi connectivity index (χ3n) is 8.89. The zero-order valence-corrected chi connectivity index (χ0v) is 30.3. The molecule has 52 heavy (non-hydrogen) atoms. The highest BCUT2D eigenvalue weighted by molar-refractivity contribution is 7.90. The van der Waals surface area contributed by atoms with E-state index in [9.17, 15) is 22.8 Å². The molecule has 1 fully saturated rings. The van der Waals surface area contributed by atoms with Crippen molar-refractivity contribution in [3.8, 4) is 0 Å². The lowest BCUT2D eigenvalue weighted by Gasteiger charge is -2.29. The molecule has 0 aliphatic carbocycles. The van der Waals surface area contributed by atoms with Crippen molar-refractivity contribution in [2.24, 2.45) is 0 Å². The number of aromatic nitrogens is 1. The molecule has 274 valence electrons. The van der Waals surface area contributed by atoms with Crippen molar-refractivity contribution in [2.75, 3.05) is 29.7 Å². The topological polar surface area (TPSA) is 188 Å². The molecule has 1 aliphatic heterocycles. The molecule has 0 spiro atoms. The van der Waals surface area contributed by atoms with Crippen LogP contribution in [0.15, 0.2) is 97.3 Å². The maximum Gasteiger partial charge on any atom is 0.301 e. The molecular formula is C38H46N8O5S. The Morgan fingerprint density at radius 2 is 1.52 bits per heavy atom. The number of anilines is 2. The minimum absolute atomic E-state index is 0.110. The molecule has 2 heterocycles. The van der Waals surface area contributed by atoms with Crippen LogP contribution in [0.4, 0.5) is 11.4 Å². The Labute approximate surface area is 305 Å². The van der Waals surface area contributed by atoms with Crippen molar-refractivity contribution in [2.45, 2.75) is 57.8 Å². The molecule has 1 unspecified atom stereocenters. The SMILES string of the molecule is CC(NC(=O)c1cc(C(=O)N[C@H](CN[C@@H](C)C(=O)N[C@H](C)c2ccc(N)cc2)Cc2ccccc2)cc(N2CCCNS2(=O)=O)c1)c1cccnc1. The van der Waals surface area contributed by atoms with Crippen LogP contribution in [-0.2, 0) is 21.4 Å². The van der Waals surface area contributed by atoms with Gasteiger partial charge in [-0.2, -0.15) is 13.1 Å². The molecule has 0 radical (unpaired) electrons. The smallest absolute Gasteiger partial charge is 0.301 e. The lowest BCUT2D eigenvalue weighted by Crippen LogP contribution is -2.50. The van der Waals surface area contributed by atoms with E-state index in [1.165, 1.54) is 22.5 Å². The summed E-state index contributed by atoms with van der Waals surface area (Å²) in [6.07, 6.45) is 4.28. The summed E-state index contributed by atoms with van der Waals surface area (Å²) in [5.74, 6) is -1.20. The Morgan fingerprint density at radius 1 is 0.846 bits per heavy atom. The van der Waals surface area contributed by atoms with Crippen LogP contribution < -0.4 is 36.0 Å². The third-order valence-corrected chi connectivity index (χ3v) is 10.4. The second-order valence-electron chi connectivity index (χ2n) is 13.0. The van der Waals surface area contributed by atoms with Crippen molar-refractivity contribution in [3.05, 3.63) is 125 Å². The summed E-state index contributed by atoms with van der Waals surface area (Å²) >= 11 is 0. The summed E-state index contributed by atoms with van der Waals surface area (Å²) in [4.78, 5) is 44.9. The molecule has 13 nitrogen and oxygen atoms in total. The number of rotatable bonds is 14. The number of pyridine rings is 1. The van der Waals surface area contributed by atoms with Gasteiger partial charge in [-0.15, -0.1) is 0 Å². The fourth-order valence-corrected chi connectivity index (χ4v) is 7.17. The number of amides is 3. The number of carbonyl (C=O) groups is 3. The van der Waals surface area contributed by atoms with Gasteiger partial charge in [0.05, 0.1) is 23.8 Å². The van der Waals surface area contributed by atoms with E-state index in [1.54, 1.807) is 37.5 Å². The molecule has 3 amide bonds. The van der Waals surface area contributed by atoms with Gasteiger partial charge in [-0.25, -0.2) is 0 Å². The van der Waals surface area contributed by atoms with Crippen LogP contribution in [0.2, 0.25) is 0 Å². The van der Waals surface area contributed by atoms with E-state index in [1.807, 2.05) is 62.4 Å². The molecule has 1 saturated heterocycles. The van der Waals surface area contributed by atoms with E-state index < -0.39 is 40.1 Å². The van der Waals surface area contributed by atoms with Crippen LogP contribution in [-0.4, -0.2) is 62.8 Å². The fraction of sp³-hybridized carbons (Fsp3) is 0.316. The number of nitrogens with zero attached hydrogens (tertiary/aromatic N) is 2. The van der Waals surface area contributed by atoms with Crippen molar-refractivity contribution < 1.29 is 22.8 Å². The quantitative estimate of drug-likeness (QED) is 0.107. The van der Waals surface area contributed by atoms with Crippen LogP contribution in [0.3, 0.4) is 0 Å². The van der Waals surface area contributed by atoms with Gasteiger partial charge >= 0.3 is 10.2 Å². The number of nitrogens with two attached hydrogens (primary N) is 1. The molecule has 0 saturated carbocycles. The molecular weight excluding hydrogens is 681 g/mol. The predicted molar refractivity (Wildman–Crippen MR) is 202 cm³/mol. The minimum Gasteiger partial charge on any atom is -0.399 e. The molecule has 4 atom stereocenters. The van der Waals surface area contributed by atoms with Gasteiger partial charge in [0.1, 0.15) is 0 Å². The van der Waals surface area contributed by atoms with Crippen molar-refractivity contribution in [3.63, 3.8) is 0 Å². The lowest BCUT2D eigenvalue weighted by atomic mass is 10.0. The predicted octanol–water partition coefficient (Wildman–Crippen LogP) is 3.40. The lowest BCUT2D eigenvalue weighted by molar-refractivity contribution is -0.123. The van der Waals surface area contributed by atoms with Crippen molar-refractivity contribution in [1.29, 1.82) is 0 Å². The molecule has 1 aliphatic rings. The Hall–Kier alpha value is -5.31. The summed E-state index contributed by atoms with van der Waals surface area (Å²) in [6, 6.07) is 23.2. The van der Waals surface area contributed by atoms with Crippen LogP contribution >= 0.6 is 0 Å². The first kappa shape index (κ1) is 37.9. The van der Waals surface area contributed by atoms with E-state index in [0.717, 1.165) is 16.7 Å². The van der Waals surface area contributed by atoms with Gasteiger partial charge in [0, 0.05) is 54.9 Å². The second kappa shape index (κ2) is 17.3. The summed E-state index contributed by atoms with van der Waals surface area (Å²) in [7, 11) is -3.89. The van der Waals surface area contributed by atoms with E-state index in [-0.39, 0.29) is 41.9 Å². The number of carbonyl (C=O) groups excluding carboxylic acids is 3.